The molecule has 3 aliphatic rings. The predicted octanol–water partition coefficient (Wildman–Crippen LogP) is 14.0. The van der Waals surface area contributed by atoms with E-state index >= 15 is 0 Å². The van der Waals surface area contributed by atoms with Crippen LogP contribution in [0, 0.1) is 19.7 Å². The molecule has 3 fully saturated rings. The van der Waals surface area contributed by atoms with Crippen LogP contribution in [0.5, 0.6) is 0 Å². The van der Waals surface area contributed by atoms with Crippen LogP contribution in [0.1, 0.15) is 175 Å². The van der Waals surface area contributed by atoms with Gasteiger partial charge in [0.1, 0.15) is 19.3 Å². The van der Waals surface area contributed by atoms with E-state index in [9.17, 15) is 55.1 Å². The van der Waals surface area contributed by atoms with E-state index in [0.29, 0.717) is 16.7 Å². The number of benzene rings is 3. The Balaban J connectivity index is 0.000000210. The Bertz CT molecular complexity index is 3190. The first-order chi connectivity index (χ1) is 42.5. The number of halogens is 6. The summed E-state index contributed by atoms with van der Waals surface area (Å²) in [5.74, 6) is -11.9. The van der Waals surface area contributed by atoms with Crippen LogP contribution in [0.2, 0.25) is 0 Å². The van der Waals surface area contributed by atoms with E-state index in [1.54, 1.807) is 36.8 Å². The average Bonchev–Trinajstić information content (AvgIpc) is 3.94. The molecule has 3 saturated heterocycles. The molecule has 3 unspecified atom stereocenters. The van der Waals surface area contributed by atoms with Gasteiger partial charge in [0, 0.05) is 110 Å². The number of carbonyl (C=O) groups excluding carboxylic acids is 6. The Hall–Kier alpha value is -9.42. The SMILES string of the molecule is CC.[C-]#[N+][C@@H]1CC(F)(F)CN1C(=O)CCC(=O)c1ccncc1C(C)c1ccccc1.[C-]#[N+][C@@H]1CC(F)(F)CN1C(=O)CCC(=O)c1ccncc1C(C)c1ccccc1.[C-]#[N+][C@@H]1CC(F)(F)CN1C(=O)CCC(=O)c1ccncc1C(C)c1ccccc1. The molecule has 6 aromatic rings. The maximum Gasteiger partial charge on any atom is 0.306 e. The fraction of sp³-hybridized carbons (Fsp3) is 0.382. The number of pyridine rings is 3. The summed E-state index contributed by atoms with van der Waals surface area (Å²) in [6, 6.07) is 33.9. The van der Waals surface area contributed by atoms with Crippen molar-refractivity contribution in [2.75, 3.05) is 19.6 Å². The molecule has 3 aromatic heterocycles. The number of alkyl halides is 6. The number of rotatable bonds is 18. The van der Waals surface area contributed by atoms with E-state index in [1.807, 2.05) is 126 Å². The highest BCUT2D eigenvalue weighted by Crippen LogP contribution is 2.37. The summed E-state index contributed by atoms with van der Waals surface area (Å²) in [7, 11) is 0. The lowest BCUT2D eigenvalue weighted by atomic mass is 9.89. The third-order valence-electron chi connectivity index (χ3n) is 15.6. The van der Waals surface area contributed by atoms with Gasteiger partial charge in [0.25, 0.3) is 17.8 Å². The first-order valence-electron chi connectivity index (χ1n) is 29.1. The molecule has 6 heterocycles. The summed E-state index contributed by atoms with van der Waals surface area (Å²) in [5.41, 5.74) is 6.76. The summed E-state index contributed by atoms with van der Waals surface area (Å²) in [6.07, 6.45) is 3.09. The minimum absolute atomic E-state index is 0.0664. The lowest BCUT2D eigenvalue weighted by Gasteiger charge is -2.17. The minimum Gasteiger partial charge on any atom is -0.294 e. The Morgan fingerprint density at radius 1 is 0.427 bits per heavy atom. The molecular formula is C68H69F6N9O6. The number of amides is 3. The van der Waals surface area contributed by atoms with E-state index < -0.39 is 92.9 Å². The molecule has 0 bridgehead atoms. The van der Waals surface area contributed by atoms with E-state index in [-0.39, 0.29) is 73.6 Å². The van der Waals surface area contributed by atoms with Crippen LogP contribution >= 0.6 is 0 Å². The lowest BCUT2D eigenvalue weighted by Crippen LogP contribution is -2.35. The number of hydrogen-bond acceptors (Lipinski definition) is 9. The third-order valence-corrected chi connectivity index (χ3v) is 15.6. The topological polar surface area (TPSA) is 164 Å². The highest BCUT2D eigenvalue weighted by molar-refractivity contribution is 6.01. The van der Waals surface area contributed by atoms with Crippen molar-refractivity contribution in [1.29, 1.82) is 0 Å². The monoisotopic (exact) mass is 1220 g/mol. The van der Waals surface area contributed by atoms with Crippen LogP contribution in [-0.4, -0.2) is 121 Å². The summed E-state index contributed by atoms with van der Waals surface area (Å²) in [5, 5.41) is 0. The van der Waals surface area contributed by atoms with Crippen molar-refractivity contribution in [3.63, 3.8) is 0 Å². The second-order valence-electron chi connectivity index (χ2n) is 21.6. The Kier molecular flexibility index (Phi) is 24.3. The number of ketones is 3. The maximum atomic E-state index is 13.5. The van der Waals surface area contributed by atoms with Crippen molar-refractivity contribution in [2.24, 2.45) is 0 Å². The van der Waals surface area contributed by atoms with Crippen molar-refractivity contribution >= 4 is 35.1 Å². The van der Waals surface area contributed by atoms with Crippen LogP contribution < -0.4 is 0 Å². The molecule has 3 aliphatic heterocycles. The number of nitrogens with zero attached hydrogens (tertiary/aromatic N) is 9. The number of hydrogen-bond donors (Lipinski definition) is 0. The molecule has 0 N–H and O–H groups in total. The quantitative estimate of drug-likeness (QED) is 0.0463. The minimum atomic E-state index is -3.06. The molecule has 0 spiro atoms. The van der Waals surface area contributed by atoms with Crippen molar-refractivity contribution in [3.8, 4) is 0 Å². The summed E-state index contributed by atoms with van der Waals surface area (Å²) >= 11 is 0. The molecule has 0 saturated carbocycles. The van der Waals surface area contributed by atoms with Gasteiger partial charge in [0.2, 0.25) is 17.7 Å². The normalized spacial score (nSPS) is 18.5. The highest BCUT2D eigenvalue weighted by atomic mass is 19.3. The molecule has 0 radical (unpaired) electrons. The van der Waals surface area contributed by atoms with Crippen molar-refractivity contribution < 1.29 is 55.1 Å². The lowest BCUT2D eigenvalue weighted by molar-refractivity contribution is -0.133. The van der Waals surface area contributed by atoms with Gasteiger partial charge in [-0.1, -0.05) is 126 Å². The van der Waals surface area contributed by atoms with Crippen LogP contribution in [0.25, 0.3) is 14.5 Å². The molecule has 3 amide bonds. The van der Waals surface area contributed by atoms with Crippen LogP contribution in [0.4, 0.5) is 26.3 Å². The van der Waals surface area contributed by atoms with Gasteiger partial charge in [-0.05, 0) is 51.6 Å². The van der Waals surface area contributed by atoms with Gasteiger partial charge in [-0.3, -0.25) is 73.0 Å². The van der Waals surface area contributed by atoms with Gasteiger partial charge in [-0.15, -0.1) is 0 Å². The molecule has 89 heavy (non-hydrogen) atoms. The second kappa shape index (κ2) is 31.5. The fourth-order valence-electron chi connectivity index (χ4n) is 10.8. The van der Waals surface area contributed by atoms with Gasteiger partial charge in [0.15, 0.2) is 17.3 Å². The molecule has 6 atom stereocenters. The van der Waals surface area contributed by atoms with E-state index in [0.717, 1.165) is 48.1 Å². The van der Waals surface area contributed by atoms with Gasteiger partial charge in [0.05, 0.1) is 19.6 Å². The van der Waals surface area contributed by atoms with Gasteiger partial charge in [-0.2, -0.15) is 0 Å². The van der Waals surface area contributed by atoms with Gasteiger partial charge >= 0.3 is 18.5 Å². The number of aromatic nitrogens is 3. The zero-order chi connectivity index (χ0) is 65.1. The summed E-state index contributed by atoms with van der Waals surface area (Å²) in [6.45, 7) is 28.7. The smallest absolute Gasteiger partial charge is 0.294 e. The molecule has 0 aliphatic carbocycles. The first-order valence-corrected chi connectivity index (χ1v) is 29.1. The van der Waals surface area contributed by atoms with Crippen molar-refractivity contribution in [1.82, 2.24) is 29.7 Å². The Morgan fingerprint density at radius 2 is 0.663 bits per heavy atom. The van der Waals surface area contributed by atoms with Crippen LogP contribution in [0.15, 0.2) is 146 Å². The van der Waals surface area contributed by atoms with Crippen LogP contribution in [-0.2, 0) is 14.4 Å². The van der Waals surface area contributed by atoms with Gasteiger partial charge in [-0.25, -0.2) is 46.1 Å². The number of likely N-dealkylation sites (tertiary alicyclic amines) is 3. The molecule has 15 nitrogen and oxygen atoms in total. The van der Waals surface area contributed by atoms with Crippen molar-refractivity contribution in [2.45, 2.75) is 146 Å². The summed E-state index contributed by atoms with van der Waals surface area (Å²) < 4.78 is 81.3. The average molecular weight is 1220 g/mol. The molecule has 21 heteroatoms. The van der Waals surface area contributed by atoms with Crippen LogP contribution in [0.3, 0.4) is 0 Å². The third kappa shape index (κ3) is 18.3. The van der Waals surface area contributed by atoms with Gasteiger partial charge < -0.3 is 0 Å². The zero-order valence-electron chi connectivity index (χ0n) is 50.0. The predicted molar refractivity (Wildman–Crippen MR) is 322 cm³/mol. The number of Topliss-reactive ketones (excluding diaryl/α,β-unsaturated/α-hetero) is 3. The fourth-order valence-corrected chi connectivity index (χ4v) is 10.8. The molecule has 3 aromatic carbocycles. The second-order valence-corrected chi connectivity index (χ2v) is 21.6. The largest absolute Gasteiger partial charge is 0.306 e. The van der Waals surface area contributed by atoms with Crippen molar-refractivity contribution in [3.05, 3.63) is 231 Å². The van der Waals surface area contributed by atoms with E-state index in [2.05, 4.69) is 29.5 Å². The molecule has 9 rings (SSSR count). The standard InChI is InChI=1S/3C22H21F2N3O2.C2H6/c3*1-15(16-6-4-3-5-7-16)18-13-26-11-10-17(18)19(28)8-9-21(29)27-14-22(23,24)12-20(27)25-2;1-2/h3*3-7,10-11,13,15,20H,8-9,12,14H2,1H3;1-2H3/t3*15?,20-;/m000./s1. The Labute approximate surface area is 514 Å². The van der Waals surface area contributed by atoms with E-state index in [4.69, 9.17) is 19.7 Å². The van der Waals surface area contributed by atoms with E-state index in [1.165, 1.54) is 18.6 Å². The Morgan fingerprint density at radius 3 is 0.888 bits per heavy atom. The molecule has 464 valence electrons. The molecular weight excluding hydrogens is 1150 g/mol. The summed E-state index contributed by atoms with van der Waals surface area (Å²) in [4.78, 5) is 99.9. The number of carbonyl (C=O) groups is 6. The first kappa shape index (κ1) is 68.7. The highest BCUT2D eigenvalue weighted by Gasteiger charge is 2.53. The zero-order valence-corrected chi connectivity index (χ0v) is 50.0. The maximum absolute atomic E-state index is 13.5.